The van der Waals surface area contributed by atoms with Crippen LogP contribution in [0, 0.1) is 0 Å². The molecule has 0 aromatic carbocycles. The van der Waals surface area contributed by atoms with Crippen LogP contribution in [0.1, 0.15) is 40.0 Å². The fourth-order valence-electron chi connectivity index (χ4n) is 1.05. The molecule has 0 saturated heterocycles. The van der Waals surface area contributed by atoms with Crippen LogP contribution in [0.2, 0.25) is 0 Å². The number of nitrogens with one attached hydrogen (secondary N) is 1. The topological polar surface area (TPSA) is 49.3 Å². The summed E-state index contributed by atoms with van der Waals surface area (Å²) in [6.07, 6.45) is 1.07. The summed E-state index contributed by atoms with van der Waals surface area (Å²) >= 11 is 0. The highest BCUT2D eigenvalue weighted by atomic mass is 16.3. The number of ketones is 1. The smallest absolute Gasteiger partial charge is 0.161 e. The van der Waals surface area contributed by atoms with E-state index in [0.717, 1.165) is 13.0 Å². The Bertz CT molecular complexity index is 146. The number of carbonyl (C=O) groups excluding carboxylic acids is 1. The van der Waals surface area contributed by atoms with Crippen molar-refractivity contribution in [1.29, 1.82) is 0 Å². The maximum atomic E-state index is 11.1. The summed E-state index contributed by atoms with van der Waals surface area (Å²) in [5.74, 6) is -0.0342. The number of hydrogen-bond acceptors (Lipinski definition) is 3. The van der Waals surface area contributed by atoms with Gasteiger partial charge in [-0.1, -0.05) is 20.8 Å². The molecule has 0 bridgehead atoms. The van der Waals surface area contributed by atoms with Crippen molar-refractivity contribution in [3.05, 3.63) is 0 Å². The zero-order valence-corrected chi connectivity index (χ0v) is 8.84. The average molecular weight is 187 g/mol. The van der Waals surface area contributed by atoms with Gasteiger partial charge < -0.3 is 10.4 Å². The summed E-state index contributed by atoms with van der Waals surface area (Å²) in [5.41, 5.74) is 0. The van der Waals surface area contributed by atoms with Crippen LogP contribution >= 0.6 is 0 Å². The van der Waals surface area contributed by atoms with Crippen LogP contribution in [0.25, 0.3) is 0 Å². The molecular weight excluding hydrogens is 166 g/mol. The van der Waals surface area contributed by atoms with Crippen molar-refractivity contribution >= 4 is 5.78 Å². The van der Waals surface area contributed by atoms with Gasteiger partial charge in [0, 0.05) is 12.5 Å². The van der Waals surface area contributed by atoms with Gasteiger partial charge in [-0.3, -0.25) is 4.79 Å². The second-order valence-electron chi connectivity index (χ2n) is 3.60. The largest absolute Gasteiger partial charge is 0.385 e. The highest BCUT2D eigenvalue weighted by molar-refractivity contribution is 5.82. The van der Waals surface area contributed by atoms with Crippen molar-refractivity contribution in [2.75, 3.05) is 6.54 Å². The lowest BCUT2D eigenvalue weighted by atomic mass is 10.1. The highest BCUT2D eigenvalue weighted by Crippen LogP contribution is 1.99. The zero-order valence-electron chi connectivity index (χ0n) is 8.84. The Hall–Kier alpha value is -0.410. The van der Waals surface area contributed by atoms with Gasteiger partial charge in [-0.2, -0.15) is 0 Å². The lowest BCUT2D eigenvalue weighted by molar-refractivity contribution is -0.127. The summed E-state index contributed by atoms with van der Waals surface area (Å²) < 4.78 is 0. The minimum Gasteiger partial charge on any atom is -0.385 e. The quantitative estimate of drug-likeness (QED) is 0.587. The van der Waals surface area contributed by atoms with Gasteiger partial charge >= 0.3 is 0 Å². The molecule has 0 aliphatic heterocycles. The molecule has 0 radical (unpaired) electrons. The number of hydrogen-bond donors (Lipinski definition) is 2. The Kier molecular flexibility index (Phi) is 6.82. The van der Waals surface area contributed by atoms with Crippen LogP contribution in [0.5, 0.6) is 0 Å². The molecule has 0 spiro atoms. The summed E-state index contributed by atoms with van der Waals surface area (Å²) in [6.45, 7) is 6.81. The number of Topliss-reactive ketones (excluding diaryl/α,β-unsaturated/α-hetero) is 1. The van der Waals surface area contributed by atoms with Gasteiger partial charge in [0.15, 0.2) is 5.78 Å². The molecule has 0 amide bonds. The molecule has 0 heterocycles. The van der Waals surface area contributed by atoms with Crippen molar-refractivity contribution in [2.24, 2.45) is 0 Å². The van der Waals surface area contributed by atoms with Gasteiger partial charge in [0.05, 0.1) is 0 Å². The summed E-state index contributed by atoms with van der Waals surface area (Å²) in [5, 5.41) is 12.4. The van der Waals surface area contributed by atoms with Gasteiger partial charge in [-0.05, 0) is 19.4 Å². The van der Waals surface area contributed by atoms with Gasteiger partial charge in [0.2, 0.25) is 0 Å². The standard InChI is InChI=1S/C10H21NO2/c1-4-9(12)10(13)6-5-7-11-8(2)3/h8-9,11-12H,4-7H2,1-3H3. The molecule has 0 aromatic heterocycles. The Morgan fingerprint density at radius 1 is 1.46 bits per heavy atom. The van der Waals surface area contributed by atoms with E-state index in [-0.39, 0.29) is 5.78 Å². The van der Waals surface area contributed by atoms with Crippen molar-refractivity contribution in [2.45, 2.75) is 52.2 Å². The molecule has 0 aliphatic rings. The minimum absolute atomic E-state index is 0.0342. The fraction of sp³-hybridized carbons (Fsp3) is 0.900. The summed E-state index contributed by atoms with van der Waals surface area (Å²) in [4.78, 5) is 11.1. The monoisotopic (exact) mass is 187 g/mol. The lowest BCUT2D eigenvalue weighted by Crippen LogP contribution is -2.25. The molecule has 78 valence electrons. The van der Waals surface area contributed by atoms with E-state index in [9.17, 15) is 4.79 Å². The first-order chi connectivity index (χ1) is 6.07. The average Bonchev–Trinajstić information content (AvgIpc) is 2.10. The Balaban J connectivity index is 3.37. The second kappa shape index (κ2) is 7.04. The molecule has 1 atom stereocenters. The normalized spacial score (nSPS) is 13.3. The van der Waals surface area contributed by atoms with E-state index >= 15 is 0 Å². The fourth-order valence-corrected chi connectivity index (χ4v) is 1.05. The molecule has 2 N–H and O–H groups in total. The van der Waals surface area contributed by atoms with E-state index in [4.69, 9.17) is 5.11 Å². The molecule has 0 aromatic rings. The summed E-state index contributed by atoms with van der Waals surface area (Å²) in [7, 11) is 0. The molecule has 0 aliphatic carbocycles. The van der Waals surface area contributed by atoms with E-state index in [2.05, 4.69) is 19.2 Å². The van der Waals surface area contributed by atoms with E-state index in [0.29, 0.717) is 18.9 Å². The van der Waals surface area contributed by atoms with Crippen LogP contribution in [0.4, 0.5) is 0 Å². The zero-order chi connectivity index (χ0) is 10.3. The molecule has 0 saturated carbocycles. The molecular formula is C10H21NO2. The number of aliphatic hydroxyl groups excluding tert-OH is 1. The summed E-state index contributed by atoms with van der Waals surface area (Å²) in [6, 6.07) is 0.464. The van der Waals surface area contributed by atoms with Crippen LogP contribution in [-0.4, -0.2) is 29.6 Å². The van der Waals surface area contributed by atoms with Crippen molar-refractivity contribution in [3.63, 3.8) is 0 Å². The van der Waals surface area contributed by atoms with Crippen molar-refractivity contribution in [1.82, 2.24) is 5.32 Å². The third-order valence-corrected chi connectivity index (χ3v) is 1.91. The molecule has 13 heavy (non-hydrogen) atoms. The third-order valence-electron chi connectivity index (χ3n) is 1.91. The van der Waals surface area contributed by atoms with Gasteiger partial charge in [-0.15, -0.1) is 0 Å². The maximum Gasteiger partial charge on any atom is 0.161 e. The first-order valence-corrected chi connectivity index (χ1v) is 5.02. The SMILES string of the molecule is CCC(O)C(=O)CCCNC(C)C. The molecule has 3 heteroatoms. The first kappa shape index (κ1) is 12.6. The van der Waals surface area contributed by atoms with Crippen molar-refractivity contribution < 1.29 is 9.90 Å². The highest BCUT2D eigenvalue weighted by Gasteiger charge is 2.11. The van der Waals surface area contributed by atoms with Gasteiger partial charge in [0.1, 0.15) is 6.10 Å². The molecule has 1 unspecified atom stereocenters. The minimum atomic E-state index is -0.751. The van der Waals surface area contributed by atoms with Gasteiger partial charge in [0.25, 0.3) is 0 Å². The van der Waals surface area contributed by atoms with Crippen LogP contribution in [0.3, 0.4) is 0 Å². The Labute approximate surface area is 80.5 Å². The second-order valence-corrected chi connectivity index (χ2v) is 3.60. The molecule has 0 fully saturated rings. The predicted molar refractivity (Wildman–Crippen MR) is 53.7 cm³/mol. The van der Waals surface area contributed by atoms with E-state index in [1.165, 1.54) is 0 Å². The van der Waals surface area contributed by atoms with E-state index in [1.54, 1.807) is 0 Å². The Morgan fingerprint density at radius 3 is 2.54 bits per heavy atom. The number of carbonyl (C=O) groups is 1. The molecule has 3 nitrogen and oxygen atoms in total. The van der Waals surface area contributed by atoms with Gasteiger partial charge in [-0.25, -0.2) is 0 Å². The van der Waals surface area contributed by atoms with Crippen LogP contribution < -0.4 is 5.32 Å². The van der Waals surface area contributed by atoms with E-state index < -0.39 is 6.10 Å². The van der Waals surface area contributed by atoms with Crippen molar-refractivity contribution in [3.8, 4) is 0 Å². The first-order valence-electron chi connectivity index (χ1n) is 5.02. The number of rotatable bonds is 7. The maximum absolute atomic E-state index is 11.1. The van der Waals surface area contributed by atoms with Crippen LogP contribution in [0.15, 0.2) is 0 Å². The third kappa shape index (κ3) is 6.72. The Morgan fingerprint density at radius 2 is 2.08 bits per heavy atom. The number of aliphatic hydroxyl groups is 1. The molecule has 0 rings (SSSR count). The predicted octanol–water partition coefficient (Wildman–Crippen LogP) is 1.10. The van der Waals surface area contributed by atoms with E-state index in [1.807, 2.05) is 6.92 Å². The lowest BCUT2D eigenvalue weighted by Gasteiger charge is -2.08. The van der Waals surface area contributed by atoms with Crippen LogP contribution in [-0.2, 0) is 4.79 Å².